The Kier molecular flexibility index (Phi) is 3.55. The van der Waals surface area contributed by atoms with E-state index in [0.717, 1.165) is 13.1 Å². The Morgan fingerprint density at radius 3 is 2.48 bits per heavy atom. The Labute approximate surface area is 122 Å². The van der Waals surface area contributed by atoms with Crippen LogP contribution in [0.2, 0.25) is 0 Å². The molecule has 110 valence electrons. The zero-order valence-electron chi connectivity index (χ0n) is 12.1. The van der Waals surface area contributed by atoms with Crippen LogP contribution in [0.1, 0.15) is 34.7 Å². The number of carbonyl (C=O) groups excluding carboxylic acids is 1. The van der Waals surface area contributed by atoms with Crippen molar-refractivity contribution in [1.29, 1.82) is 0 Å². The summed E-state index contributed by atoms with van der Waals surface area (Å²) in [6.45, 7) is 5.43. The highest BCUT2D eigenvalue weighted by molar-refractivity contribution is 6.05. The van der Waals surface area contributed by atoms with Gasteiger partial charge in [-0.2, -0.15) is 0 Å². The molecule has 0 aliphatic carbocycles. The average molecular weight is 287 g/mol. The molecular formula is C14H17N5O2. The largest absolute Gasteiger partial charge is 0.361 e. The molecule has 0 spiro atoms. The van der Waals surface area contributed by atoms with E-state index in [-0.39, 0.29) is 5.91 Å². The molecule has 7 heteroatoms. The minimum atomic E-state index is -0.260. The molecule has 0 atom stereocenters. The van der Waals surface area contributed by atoms with Gasteiger partial charge in [-0.15, -0.1) is 0 Å². The molecule has 21 heavy (non-hydrogen) atoms. The van der Waals surface area contributed by atoms with Crippen LogP contribution in [0.5, 0.6) is 0 Å². The van der Waals surface area contributed by atoms with E-state index in [0.29, 0.717) is 28.7 Å². The molecule has 1 N–H and O–H groups in total. The van der Waals surface area contributed by atoms with Crippen LogP contribution in [0.4, 0.5) is 11.6 Å². The van der Waals surface area contributed by atoms with Crippen molar-refractivity contribution in [2.75, 3.05) is 23.3 Å². The maximum atomic E-state index is 12.2. The lowest BCUT2D eigenvalue weighted by molar-refractivity contribution is 0.102. The van der Waals surface area contributed by atoms with Crippen molar-refractivity contribution in [3.05, 3.63) is 29.4 Å². The Morgan fingerprint density at radius 1 is 1.24 bits per heavy atom. The van der Waals surface area contributed by atoms with Crippen molar-refractivity contribution in [1.82, 2.24) is 15.1 Å². The van der Waals surface area contributed by atoms with Gasteiger partial charge in [-0.1, -0.05) is 5.16 Å². The van der Waals surface area contributed by atoms with Gasteiger partial charge in [0, 0.05) is 13.1 Å². The standard InChI is InChI=1S/C14H17N5O2/c1-9-12(10(2)21-18-9)13(20)17-11-7-15-14(16-8-11)19-5-3-4-6-19/h7-8H,3-6H2,1-2H3,(H,17,20). The first kappa shape index (κ1) is 13.5. The van der Waals surface area contributed by atoms with Crippen LogP contribution < -0.4 is 10.2 Å². The van der Waals surface area contributed by atoms with Gasteiger partial charge in [-0.3, -0.25) is 4.79 Å². The molecule has 3 rings (SSSR count). The third kappa shape index (κ3) is 2.72. The van der Waals surface area contributed by atoms with Crippen molar-refractivity contribution in [3.8, 4) is 0 Å². The highest BCUT2D eigenvalue weighted by Crippen LogP contribution is 2.18. The predicted molar refractivity (Wildman–Crippen MR) is 77.4 cm³/mol. The van der Waals surface area contributed by atoms with E-state index >= 15 is 0 Å². The maximum Gasteiger partial charge on any atom is 0.261 e. The number of nitrogens with zero attached hydrogens (tertiary/aromatic N) is 4. The van der Waals surface area contributed by atoms with Crippen LogP contribution in [-0.4, -0.2) is 34.1 Å². The Morgan fingerprint density at radius 2 is 1.90 bits per heavy atom. The first-order valence-corrected chi connectivity index (χ1v) is 6.96. The molecule has 0 bridgehead atoms. The number of aromatic nitrogens is 3. The normalized spacial score (nSPS) is 14.5. The second-order valence-corrected chi connectivity index (χ2v) is 5.12. The van der Waals surface area contributed by atoms with E-state index in [4.69, 9.17) is 4.52 Å². The number of aryl methyl sites for hydroxylation is 2. The van der Waals surface area contributed by atoms with Gasteiger partial charge < -0.3 is 14.7 Å². The molecule has 1 aliphatic heterocycles. The Hall–Kier alpha value is -2.44. The van der Waals surface area contributed by atoms with E-state index < -0.39 is 0 Å². The van der Waals surface area contributed by atoms with Crippen LogP contribution in [0.15, 0.2) is 16.9 Å². The number of carbonyl (C=O) groups is 1. The summed E-state index contributed by atoms with van der Waals surface area (Å²) in [5, 5.41) is 6.53. The first-order valence-electron chi connectivity index (χ1n) is 6.96. The minimum Gasteiger partial charge on any atom is -0.361 e. The minimum absolute atomic E-state index is 0.260. The zero-order valence-corrected chi connectivity index (χ0v) is 12.1. The summed E-state index contributed by atoms with van der Waals surface area (Å²) in [5.74, 6) is 0.950. The number of rotatable bonds is 3. The number of amides is 1. The molecule has 7 nitrogen and oxygen atoms in total. The van der Waals surface area contributed by atoms with Crippen molar-refractivity contribution < 1.29 is 9.32 Å². The van der Waals surface area contributed by atoms with Gasteiger partial charge in [-0.05, 0) is 26.7 Å². The first-order chi connectivity index (χ1) is 10.1. The third-order valence-corrected chi connectivity index (χ3v) is 3.55. The second kappa shape index (κ2) is 5.51. The molecule has 1 fully saturated rings. The van der Waals surface area contributed by atoms with Crippen molar-refractivity contribution in [3.63, 3.8) is 0 Å². The van der Waals surface area contributed by atoms with Gasteiger partial charge in [0.05, 0.1) is 23.8 Å². The SMILES string of the molecule is Cc1noc(C)c1C(=O)Nc1cnc(N2CCCC2)nc1. The Bertz CT molecular complexity index is 624. The van der Waals surface area contributed by atoms with Crippen molar-refractivity contribution >= 4 is 17.5 Å². The van der Waals surface area contributed by atoms with E-state index in [1.165, 1.54) is 12.8 Å². The zero-order chi connectivity index (χ0) is 14.8. The summed E-state index contributed by atoms with van der Waals surface area (Å²) in [7, 11) is 0. The van der Waals surface area contributed by atoms with Gasteiger partial charge in [0.2, 0.25) is 5.95 Å². The Balaban J connectivity index is 1.72. The van der Waals surface area contributed by atoms with E-state index in [1.54, 1.807) is 26.2 Å². The quantitative estimate of drug-likeness (QED) is 0.928. The lowest BCUT2D eigenvalue weighted by Crippen LogP contribution is -2.20. The van der Waals surface area contributed by atoms with Crippen molar-refractivity contribution in [2.24, 2.45) is 0 Å². The smallest absolute Gasteiger partial charge is 0.261 e. The summed E-state index contributed by atoms with van der Waals surface area (Å²) >= 11 is 0. The summed E-state index contributed by atoms with van der Waals surface area (Å²) in [6.07, 6.45) is 5.59. The lowest BCUT2D eigenvalue weighted by atomic mass is 10.2. The van der Waals surface area contributed by atoms with Crippen LogP contribution in [-0.2, 0) is 0 Å². The number of hydrogen-bond donors (Lipinski definition) is 1. The van der Waals surface area contributed by atoms with E-state index in [9.17, 15) is 4.79 Å². The summed E-state index contributed by atoms with van der Waals surface area (Å²) < 4.78 is 4.99. The molecule has 1 amide bonds. The average Bonchev–Trinajstić information content (AvgIpc) is 3.10. The van der Waals surface area contributed by atoms with Crippen LogP contribution in [0.3, 0.4) is 0 Å². The highest BCUT2D eigenvalue weighted by Gasteiger charge is 2.18. The molecule has 1 saturated heterocycles. The van der Waals surface area contributed by atoms with Gasteiger partial charge in [0.25, 0.3) is 5.91 Å². The van der Waals surface area contributed by atoms with Gasteiger partial charge in [0.15, 0.2) is 0 Å². The highest BCUT2D eigenvalue weighted by atomic mass is 16.5. The fourth-order valence-electron chi connectivity index (χ4n) is 2.47. The second-order valence-electron chi connectivity index (χ2n) is 5.12. The van der Waals surface area contributed by atoms with E-state index in [2.05, 4.69) is 25.3 Å². The predicted octanol–water partition coefficient (Wildman–Crippen LogP) is 1.93. The van der Waals surface area contributed by atoms with Crippen LogP contribution >= 0.6 is 0 Å². The fraction of sp³-hybridized carbons (Fsp3) is 0.429. The van der Waals surface area contributed by atoms with Crippen LogP contribution in [0.25, 0.3) is 0 Å². The van der Waals surface area contributed by atoms with Crippen LogP contribution in [0, 0.1) is 13.8 Å². The molecule has 1 aliphatic rings. The van der Waals surface area contributed by atoms with Gasteiger partial charge >= 0.3 is 0 Å². The maximum absolute atomic E-state index is 12.2. The van der Waals surface area contributed by atoms with E-state index in [1.807, 2.05) is 0 Å². The number of nitrogens with one attached hydrogen (secondary N) is 1. The molecule has 2 aromatic rings. The molecule has 2 aromatic heterocycles. The van der Waals surface area contributed by atoms with Gasteiger partial charge in [-0.25, -0.2) is 9.97 Å². The monoisotopic (exact) mass is 287 g/mol. The number of anilines is 2. The third-order valence-electron chi connectivity index (χ3n) is 3.55. The van der Waals surface area contributed by atoms with Crippen molar-refractivity contribution in [2.45, 2.75) is 26.7 Å². The topological polar surface area (TPSA) is 84.2 Å². The van der Waals surface area contributed by atoms with Gasteiger partial charge in [0.1, 0.15) is 11.3 Å². The molecule has 3 heterocycles. The fourth-order valence-corrected chi connectivity index (χ4v) is 2.47. The molecule has 0 unspecified atom stereocenters. The molecule has 0 radical (unpaired) electrons. The molecule has 0 saturated carbocycles. The lowest BCUT2D eigenvalue weighted by Gasteiger charge is -2.14. The molecule has 0 aromatic carbocycles. The molecular weight excluding hydrogens is 270 g/mol. The summed E-state index contributed by atoms with van der Waals surface area (Å²) in [6, 6.07) is 0. The summed E-state index contributed by atoms with van der Waals surface area (Å²) in [4.78, 5) is 22.9. The summed E-state index contributed by atoms with van der Waals surface area (Å²) in [5.41, 5.74) is 1.58. The number of hydrogen-bond acceptors (Lipinski definition) is 6.